The van der Waals surface area contributed by atoms with Crippen LogP contribution in [0, 0.1) is 5.92 Å². The van der Waals surface area contributed by atoms with Gasteiger partial charge in [-0.1, -0.05) is 139 Å². The molecule has 1 amide bonds. The molecule has 4 atom stereocenters. The van der Waals surface area contributed by atoms with E-state index in [1.54, 1.807) is 29.6 Å². The van der Waals surface area contributed by atoms with Crippen molar-refractivity contribution in [3.8, 4) is 0 Å². The van der Waals surface area contributed by atoms with Gasteiger partial charge in [0.05, 0.1) is 12.9 Å². The van der Waals surface area contributed by atoms with Crippen molar-refractivity contribution >= 4 is 78.4 Å². The molecule has 0 unspecified atom stereocenters. The van der Waals surface area contributed by atoms with Gasteiger partial charge in [0.25, 0.3) is 8.32 Å². The molecule has 2 aromatic heterocycles. The van der Waals surface area contributed by atoms with Crippen molar-refractivity contribution in [1.29, 1.82) is 0 Å². The van der Waals surface area contributed by atoms with Crippen molar-refractivity contribution in [2.75, 3.05) is 35.3 Å². The van der Waals surface area contributed by atoms with Crippen LogP contribution in [0.4, 0.5) is 16.2 Å². The molecule has 1 saturated heterocycles. The van der Waals surface area contributed by atoms with E-state index in [1.165, 1.54) is 0 Å². The number of hydrogen-bond donors (Lipinski definition) is 1. The van der Waals surface area contributed by atoms with Gasteiger partial charge >= 0.3 is 0 Å². The first-order chi connectivity index (χ1) is 24.7. The molecule has 1 N–H and O–H groups in total. The van der Waals surface area contributed by atoms with E-state index in [4.69, 9.17) is 18.6 Å². The number of rotatable bonds is 12. The van der Waals surface area contributed by atoms with Crippen molar-refractivity contribution in [3.05, 3.63) is 67.0 Å². The van der Waals surface area contributed by atoms with E-state index >= 15 is 4.39 Å². The van der Waals surface area contributed by atoms with Crippen molar-refractivity contribution in [1.82, 2.24) is 19.5 Å². The Labute approximate surface area is 330 Å². The summed E-state index contributed by atoms with van der Waals surface area (Å²) in [6, 6.07) is 20.8. The van der Waals surface area contributed by atoms with Crippen LogP contribution in [0.5, 0.6) is 0 Å². The van der Waals surface area contributed by atoms with Crippen molar-refractivity contribution in [3.63, 3.8) is 0 Å². The second-order valence-corrected chi connectivity index (χ2v) is 27.0. The summed E-state index contributed by atoms with van der Waals surface area (Å²) in [5.41, 5.74) is -0.375. The van der Waals surface area contributed by atoms with Gasteiger partial charge in [-0.05, 0) is 33.5 Å². The zero-order valence-corrected chi connectivity index (χ0v) is 37.4. The molecule has 2 aromatic carbocycles. The SMILES string of the molecule is CC(C)C(=O)Nc1nc(N(C)C)c2ncn([C@@H]3O[C@](CI)(CO[Si](c4ccccc4)(c4ccccc4)C(C)(C)C)[C@@H](O[Si](C)(C)C(C)(C)C)[C@H]3F)c2n1. The molecule has 0 bridgehead atoms. The fraction of sp³-hybridized carbons (Fsp3) is 0.538. The van der Waals surface area contributed by atoms with Crippen LogP contribution < -0.4 is 20.6 Å². The lowest BCUT2D eigenvalue weighted by Gasteiger charge is -2.47. The van der Waals surface area contributed by atoms with Crippen LogP contribution in [0.3, 0.4) is 0 Å². The summed E-state index contributed by atoms with van der Waals surface area (Å²) in [6.07, 6.45) is -2.17. The highest BCUT2D eigenvalue weighted by Gasteiger charge is 2.61. The maximum absolute atomic E-state index is 17.7. The smallest absolute Gasteiger partial charge is 0.261 e. The molecule has 10 nitrogen and oxygen atoms in total. The third-order valence-electron chi connectivity index (χ3n) is 10.7. The number of benzene rings is 2. The molecule has 1 aliphatic rings. The second kappa shape index (κ2) is 15.4. The molecule has 3 heterocycles. The zero-order chi connectivity index (χ0) is 39.1. The Kier molecular flexibility index (Phi) is 12.0. The summed E-state index contributed by atoms with van der Waals surface area (Å²) in [4.78, 5) is 28.5. The van der Waals surface area contributed by atoms with Gasteiger partial charge in [0.1, 0.15) is 11.7 Å². The third-order valence-corrected chi connectivity index (χ3v) is 21.4. The average molecular weight is 875 g/mol. The first-order valence-electron chi connectivity index (χ1n) is 18.2. The molecule has 0 spiro atoms. The molecule has 0 saturated carbocycles. The van der Waals surface area contributed by atoms with Crippen LogP contribution in [0.1, 0.15) is 61.6 Å². The van der Waals surface area contributed by atoms with E-state index in [1.807, 2.05) is 26.2 Å². The van der Waals surface area contributed by atoms with Gasteiger partial charge in [-0.3, -0.25) is 14.7 Å². The highest BCUT2D eigenvalue weighted by molar-refractivity contribution is 14.1. The van der Waals surface area contributed by atoms with Crippen LogP contribution in [-0.2, 0) is 18.4 Å². The van der Waals surface area contributed by atoms with Crippen LogP contribution in [0.25, 0.3) is 11.2 Å². The third kappa shape index (κ3) is 7.86. The van der Waals surface area contributed by atoms with Crippen LogP contribution in [0.2, 0.25) is 23.2 Å². The number of amides is 1. The second-order valence-electron chi connectivity index (χ2n) is 17.1. The van der Waals surface area contributed by atoms with E-state index in [0.717, 1.165) is 10.4 Å². The molecule has 0 aliphatic carbocycles. The van der Waals surface area contributed by atoms with Crippen LogP contribution >= 0.6 is 22.6 Å². The Balaban J connectivity index is 1.67. The van der Waals surface area contributed by atoms with E-state index in [9.17, 15) is 4.79 Å². The normalized spacial score (nSPS) is 21.4. The maximum atomic E-state index is 17.7. The summed E-state index contributed by atoms with van der Waals surface area (Å²) < 4.78 is 41.3. The number of anilines is 2. The van der Waals surface area contributed by atoms with Crippen molar-refractivity contribution in [2.24, 2.45) is 5.92 Å². The molecule has 4 aromatic rings. The van der Waals surface area contributed by atoms with Crippen LogP contribution in [-0.4, -0.2) is 85.1 Å². The largest absolute Gasteiger partial charge is 0.408 e. The summed E-state index contributed by atoms with van der Waals surface area (Å²) in [5, 5.41) is 4.57. The number of hydrogen-bond acceptors (Lipinski definition) is 8. The Morgan fingerprint density at radius 3 is 2.04 bits per heavy atom. The van der Waals surface area contributed by atoms with Gasteiger partial charge in [-0.15, -0.1) is 0 Å². The molecule has 288 valence electrons. The van der Waals surface area contributed by atoms with Gasteiger partial charge in [0.2, 0.25) is 11.9 Å². The standard InChI is InChI=1S/C39H56FIN6O4Si2/c1-26(2)34(48)45-36-43-32(46(9)10)30-33(44-36)47(25-42-30)35-29(40)31(51-52(11,12)37(3,4)5)39(23-41,50-35)24-49-53(38(6,7)8,27-19-15-13-16-20-27)28-21-17-14-18-22-28/h13-22,25-26,29,31,35H,23-24H2,1-12H3,(H,43,44,45,48)/t29-,31+,35-,39-/m1/s1. The highest BCUT2D eigenvalue weighted by atomic mass is 127. The fourth-order valence-corrected chi connectivity index (χ4v) is 13.4. The topological polar surface area (TPSA) is 104 Å². The summed E-state index contributed by atoms with van der Waals surface area (Å²) >= 11 is 2.30. The first kappa shape index (κ1) is 41.4. The van der Waals surface area contributed by atoms with Crippen molar-refractivity contribution < 1.29 is 22.8 Å². The number of fused-ring (bicyclic) bond motifs is 1. The molecule has 5 rings (SSSR count). The van der Waals surface area contributed by atoms with Gasteiger partial charge in [-0.2, -0.15) is 9.97 Å². The quantitative estimate of drug-likeness (QED) is 0.0888. The number of ether oxygens (including phenoxy) is 1. The van der Waals surface area contributed by atoms with Gasteiger partial charge < -0.3 is 18.5 Å². The molecule has 14 heteroatoms. The highest BCUT2D eigenvalue weighted by Crippen LogP contribution is 2.49. The summed E-state index contributed by atoms with van der Waals surface area (Å²) in [6.45, 7) is 21.1. The minimum atomic E-state index is -3.05. The van der Waals surface area contributed by atoms with E-state index in [0.29, 0.717) is 21.4 Å². The number of carbonyl (C=O) groups excluding carboxylic acids is 1. The lowest BCUT2D eigenvalue weighted by atomic mass is 9.99. The number of alkyl halides is 2. The number of imidazole rings is 1. The fourth-order valence-electron chi connectivity index (χ4n) is 6.65. The van der Waals surface area contributed by atoms with E-state index < -0.39 is 40.7 Å². The minimum Gasteiger partial charge on any atom is -0.408 e. The molecule has 1 aliphatic heterocycles. The predicted octanol–water partition coefficient (Wildman–Crippen LogP) is 7.49. The number of halogens is 2. The number of nitrogens with one attached hydrogen (secondary N) is 1. The average Bonchev–Trinajstić information content (AvgIpc) is 3.62. The van der Waals surface area contributed by atoms with Crippen molar-refractivity contribution in [2.45, 2.75) is 103 Å². The number of nitrogens with zero attached hydrogens (tertiary/aromatic N) is 5. The first-order valence-corrected chi connectivity index (χ1v) is 24.6. The minimum absolute atomic E-state index is 0.0969. The maximum Gasteiger partial charge on any atom is 0.261 e. The molecule has 53 heavy (non-hydrogen) atoms. The zero-order valence-electron chi connectivity index (χ0n) is 33.2. The lowest BCUT2D eigenvalue weighted by molar-refractivity contribution is -0.118. The molecular formula is C39H56FIN6O4Si2. The lowest BCUT2D eigenvalue weighted by Crippen LogP contribution is -2.68. The number of aromatic nitrogens is 4. The van der Waals surface area contributed by atoms with Crippen LogP contribution in [0.15, 0.2) is 67.0 Å². The molecule has 0 radical (unpaired) electrons. The van der Waals surface area contributed by atoms with E-state index in [-0.39, 0.29) is 34.5 Å². The van der Waals surface area contributed by atoms with Gasteiger partial charge in [0.15, 0.2) is 37.7 Å². The monoisotopic (exact) mass is 874 g/mol. The number of carbonyl (C=O) groups is 1. The molecular weight excluding hydrogens is 819 g/mol. The summed E-state index contributed by atoms with van der Waals surface area (Å²) in [7, 11) is -1.93. The van der Waals surface area contributed by atoms with Gasteiger partial charge in [0, 0.05) is 24.4 Å². The Morgan fingerprint density at radius 1 is 1.00 bits per heavy atom. The Morgan fingerprint density at radius 2 is 1.57 bits per heavy atom. The Bertz CT molecular complexity index is 1840. The van der Waals surface area contributed by atoms with E-state index in [2.05, 4.69) is 141 Å². The Hall–Kier alpha value is -2.77. The molecule has 1 fully saturated rings. The van der Waals surface area contributed by atoms with Gasteiger partial charge in [-0.25, -0.2) is 9.37 Å². The predicted molar refractivity (Wildman–Crippen MR) is 225 cm³/mol. The summed E-state index contributed by atoms with van der Waals surface area (Å²) in [5.74, 6) is 0.0843.